The summed E-state index contributed by atoms with van der Waals surface area (Å²) >= 11 is 0. The molecule has 0 spiro atoms. The summed E-state index contributed by atoms with van der Waals surface area (Å²) in [4.78, 5) is 0. The Morgan fingerprint density at radius 2 is 0.333 bits per heavy atom. The van der Waals surface area contributed by atoms with E-state index < -0.39 is 39.4 Å². The summed E-state index contributed by atoms with van der Waals surface area (Å²) in [5.74, 6) is 0. The zero-order valence-electron chi connectivity index (χ0n) is 22.8. The van der Waals surface area contributed by atoms with Crippen molar-refractivity contribution in [2.45, 2.75) is 0 Å². The molecule has 18 N–H and O–H groups in total. The fraction of sp³-hybridized carbons (Fsp3) is 1.00. The van der Waals surface area contributed by atoms with E-state index in [9.17, 15) is 0 Å². The van der Waals surface area contributed by atoms with Crippen molar-refractivity contribution in [3.8, 4) is 0 Å². The first-order valence-corrected chi connectivity index (χ1v) is 22.3. The molecule has 264 valence electrons. The van der Waals surface area contributed by atoms with E-state index in [1.54, 1.807) is 0 Å². The Kier molecular flexibility index (Phi) is 42.0. The van der Waals surface area contributed by atoms with E-state index >= 15 is 0 Å². The van der Waals surface area contributed by atoms with Crippen LogP contribution in [0.5, 0.6) is 0 Å². The van der Waals surface area contributed by atoms with Crippen LogP contribution in [0.25, 0.3) is 0 Å². The molecule has 0 aromatic heterocycles. The standard InChI is InChI=1S/4C4H12O4P.H2O4S.O/c4*5-1-9(2-6,3-7)4-8;1-5(2,3)4;/h4*5-8H,1-4H2;(H2,1,2,3,4);/q4*+1;;-2. The van der Waals surface area contributed by atoms with Crippen molar-refractivity contribution in [1.82, 2.24) is 0 Å². The fourth-order valence-electron chi connectivity index (χ4n) is 1.07. The minimum Gasteiger partial charge on any atom is -2.00 e. The molecule has 0 aliphatic carbocycles. The lowest BCUT2D eigenvalue weighted by molar-refractivity contribution is 0.287. The van der Waals surface area contributed by atoms with Gasteiger partial charge in [-0.3, -0.25) is 9.11 Å². The van der Waals surface area contributed by atoms with E-state index in [0.29, 0.717) is 0 Å². The first kappa shape index (κ1) is 55.3. The molecule has 0 saturated carbocycles. The molecule has 0 aromatic rings. The Morgan fingerprint density at radius 1 is 0.286 bits per heavy atom. The Labute approximate surface area is 245 Å². The third kappa shape index (κ3) is 27.2. The van der Waals surface area contributed by atoms with Gasteiger partial charge in [0.1, 0.15) is 29.0 Å². The van der Waals surface area contributed by atoms with Gasteiger partial charge in [0.25, 0.3) is 0 Å². The van der Waals surface area contributed by atoms with Gasteiger partial charge in [-0.05, 0) is 0 Å². The Bertz CT molecular complexity index is 490. The van der Waals surface area contributed by atoms with Crippen LogP contribution < -0.4 is 0 Å². The maximum Gasteiger partial charge on any atom is 0.394 e. The van der Waals surface area contributed by atoms with Crippen molar-refractivity contribution in [3.05, 3.63) is 0 Å². The lowest BCUT2D eigenvalue weighted by Gasteiger charge is -2.15. The van der Waals surface area contributed by atoms with Gasteiger partial charge < -0.3 is 87.2 Å². The topological polar surface area (TPSA) is 427 Å². The van der Waals surface area contributed by atoms with E-state index in [1.807, 2.05) is 0 Å². The molecule has 0 atom stereocenters. The highest BCUT2D eigenvalue weighted by Crippen LogP contribution is 2.56. The zero-order chi connectivity index (χ0) is 33.8. The molecular formula is C16H50O21P4S+2. The SMILES string of the molecule is O=S(=O)(O)O.OC[P+](CO)(CO)CO.OC[P+](CO)(CO)CO.OC[P+](CO)(CO)CO.OC[P+](CO)(CO)CO.[O-2]. The average Bonchev–Trinajstić information content (AvgIpc) is 2.99. The van der Waals surface area contributed by atoms with Crippen molar-refractivity contribution < 1.29 is 105 Å². The number of hydrogen-bond donors (Lipinski definition) is 18. The highest BCUT2D eigenvalue weighted by Gasteiger charge is 2.36. The molecule has 0 fully saturated rings. The molecule has 21 nitrogen and oxygen atoms in total. The van der Waals surface area contributed by atoms with Gasteiger partial charge in [-0.25, -0.2) is 0 Å². The van der Waals surface area contributed by atoms with Crippen LogP contribution in [0.2, 0.25) is 0 Å². The second kappa shape index (κ2) is 31.9. The van der Waals surface area contributed by atoms with E-state index in [2.05, 4.69) is 0 Å². The lowest BCUT2D eigenvalue weighted by Crippen LogP contribution is -2.10. The summed E-state index contributed by atoms with van der Waals surface area (Å²) in [5, 5.41) is 137. The fourth-order valence-corrected chi connectivity index (χ4v) is 3.22. The van der Waals surface area contributed by atoms with Crippen LogP contribution in [-0.2, 0) is 15.9 Å². The molecular weight excluding hydrogens is 684 g/mol. The predicted molar refractivity (Wildman–Crippen MR) is 156 cm³/mol. The number of aliphatic hydroxyl groups excluding tert-OH is 16. The maximum atomic E-state index is 8.74. The first-order valence-electron chi connectivity index (χ1n) is 10.8. The second-order valence-electron chi connectivity index (χ2n) is 8.08. The van der Waals surface area contributed by atoms with E-state index in [-0.39, 0.29) is 107 Å². The quantitative estimate of drug-likeness (QED) is 0.0519. The Balaban J connectivity index is -0.0000000970. The smallest absolute Gasteiger partial charge is 0.394 e. The van der Waals surface area contributed by atoms with Crippen LogP contribution in [-0.4, -0.2) is 201 Å². The van der Waals surface area contributed by atoms with E-state index in [4.69, 9.17) is 99.2 Å². The second-order valence-corrected chi connectivity index (χ2v) is 24.2. The van der Waals surface area contributed by atoms with Gasteiger partial charge in [-0.2, -0.15) is 8.42 Å². The molecule has 0 rings (SSSR count). The largest absolute Gasteiger partial charge is 2.00 e. The number of aliphatic hydroxyl groups is 16. The first-order chi connectivity index (χ1) is 19.0. The summed E-state index contributed by atoms with van der Waals surface area (Å²) in [6, 6.07) is 0. The molecule has 0 bridgehead atoms. The van der Waals surface area contributed by atoms with Crippen molar-refractivity contribution in [2.24, 2.45) is 0 Å². The van der Waals surface area contributed by atoms with Gasteiger partial charge in [0.2, 0.25) is 0 Å². The molecule has 0 heterocycles. The molecule has 0 unspecified atom stereocenters. The Hall–Kier alpha value is 0.910. The summed E-state index contributed by atoms with van der Waals surface area (Å²) in [6.45, 7) is 0. The molecule has 0 radical (unpaired) electrons. The van der Waals surface area contributed by atoms with Gasteiger partial charge in [0, 0.05) is 0 Å². The van der Waals surface area contributed by atoms with Crippen molar-refractivity contribution in [1.29, 1.82) is 0 Å². The monoisotopic (exact) mass is 734 g/mol. The average molecular weight is 735 g/mol. The molecule has 0 aliphatic rings. The normalized spacial score (nSPS) is 11.7. The van der Waals surface area contributed by atoms with Gasteiger partial charge in [0.15, 0.2) is 102 Å². The number of hydrogen-bond acceptors (Lipinski definition) is 18. The van der Waals surface area contributed by atoms with Crippen LogP contribution in [0.3, 0.4) is 0 Å². The minimum atomic E-state index is -4.67. The lowest BCUT2D eigenvalue weighted by atomic mass is 11.6. The van der Waals surface area contributed by atoms with Crippen LogP contribution in [0.1, 0.15) is 0 Å². The molecule has 42 heavy (non-hydrogen) atoms. The molecule has 0 aromatic carbocycles. The molecule has 26 heteroatoms. The third-order valence-corrected chi connectivity index (χ3v) is 14.4. The summed E-state index contributed by atoms with van der Waals surface area (Å²) in [7, 11) is -13.5. The highest BCUT2D eigenvalue weighted by molar-refractivity contribution is 7.80. The van der Waals surface area contributed by atoms with E-state index in [1.165, 1.54) is 0 Å². The molecule has 0 saturated heterocycles. The third-order valence-electron chi connectivity index (χ3n) is 4.80. The molecule has 0 aliphatic heterocycles. The number of rotatable bonds is 16. The predicted octanol–water partition coefficient (Wildman–Crippen LogP) is -5.56. The summed E-state index contributed by atoms with van der Waals surface area (Å²) in [6.07, 6.45) is -4.72. The maximum absolute atomic E-state index is 8.74. The van der Waals surface area contributed by atoms with E-state index in [0.717, 1.165) is 0 Å². The van der Waals surface area contributed by atoms with Gasteiger partial charge in [0.05, 0.1) is 0 Å². The van der Waals surface area contributed by atoms with Crippen LogP contribution in [0.4, 0.5) is 0 Å². The van der Waals surface area contributed by atoms with Crippen LogP contribution in [0.15, 0.2) is 0 Å². The van der Waals surface area contributed by atoms with Crippen LogP contribution in [0, 0.1) is 0 Å². The van der Waals surface area contributed by atoms with Crippen molar-refractivity contribution in [2.75, 3.05) is 102 Å². The van der Waals surface area contributed by atoms with Gasteiger partial charge in [-0.1, -0.05) is 0 Å². The van der Waals surface area contributed by atoms with Crippen molar-refractivity contribution in [3.63, 3.8) is 0 Å². The molecule has 0 amide bonds. The zero-order valence-corrected chi connectivity index (χ0v) is 27.2. The van der Waals surface area contributed by atoms with Crippen molar-refractivity contribution >= 4 is 39.4 Å². The Morgan fingerprint density at radius 3 is 0.333 bits per heavy atom. The van der Waals surface area contributed by atoms with Gasteiger partial charge in [-0.15, -0.1) is 0 Å². The minimum absolute atomic E-state index is 0. The summed E-state index contributed by atoms with van der Waals surface area (Å²) < 4.78 is 31.6. The highest BCUT2D eigenvalue weighted by atomic mass is 32.3. The summed E-state index contributed by atoms with van der Waals surface area (Å²) in [5.41, 5.74) is 0. The van der Waals surface area contributed by atoms with Crippen LogP contribution >= 0.6 is 29.0 Å². The van der Waals surface area contributed by atoms with Gasteiger partial charge >= 0.3 is 10.4 Å².